The lowest BCUT2D eigenvalue weighted by Crippen LogP contribution is -2.45. The maximum Gasteiger partial charge on any atom is 0.110 e. The molecule has 100 valence electrons. The summed E-state index contributed by atoms with van der Waals surface area (Å²) in [4.78, 5) is 3.44. The van der Waals surface area contributed by atoms with Gasteiger partial charge in [0.15, 0.2) is 0 Å². The van der Waals surface area contributed by atoms with Crippen molar-refractivity contribution >= 4 is 36.2 Å². The van der Waals surface area contributed by atoms with Crippen LogP contribution in [0.3, 0.4) is 0 Å². The number of alkyl halides is 1. The Hall–Kier alpha value is 0.130. The highest BCUT2D eigenvalue weighted by Gasteiger charge is 2.23. The molecule has 6 heteroatoms. The fourth-order valence-corrected chi connectivity index (χ4v) is 3.09. The Bertz CT molecular complexity index is 316. The maximum atomic E-state index is 13.1. The highest BCUT2D eigenvalue weighted by atomic mass is 35.5. The molecule has 2 heterocycles. The molecule has 1 aliphatic heterocycles. The topological polar surface area (TPSA) is 15.3 Å². The number of hydrogen-bond acceptors (Lipinski definition) is 3. The molecule has 0 bridgehead atoms. The number of piperazine rings is 1. The smallest absolute Gasteiger partial charge is 0.110 e. The van der Waals surface area contributed by atoms with Crippen LogP contribution in [0.1, 0.15) is 16.5 Å². The normalized spacial score (nSPS) is 18.0. The fraction of sp³-hybridized carbons (Fsp3) is 0.636. The molecule has 0 saturated carbocycles. The molecule has 1 aliphatic rings. The van der Waals surface area contributed by atoms with Crippen molar-refractivity contribution in [1.29, 1.82) is 0 Å². The molecular formula is C11H19Cl2FN2S. The first-order valence-electron chi connectivity index (χ1n) is 5.37. The van der Waals surface area contributed by atoms with E-state index in [1.807, 2.05) is 0 Å². The van der Waals surface area contributed by atoms with E-state index in [0.29, 0.717) is 0 Å². The Kier molecular flexibility index (Phi) is 8.33. The van der Waals surface area contributed by atoms with Gasteiger partial charge in [-0.3, -0.25) is 4.90 Å². The number of nitrogens with zero attached hydrogens (tertiary/aromatic N) is 1. The lowest BCUT2D eigenvalue weighted by Gasteiger charge is -2.33. The summed E-state index contributed by atoms with van der Waals surface area (Å²) in [5.41, 5.74) is 1.22. The van der Waals surface area contributed by atoms with Crippen molar-refractivity contribution in [2.45, 2.75) is 13.0 Å². The third-order valence-corrected chi connectivity index (χ3v) is 4.06. The number of rotatable bonds is 3. The van der Waals surface area contributed by atoms with E-state index in [-0.39, 0.29) is 37.5 Å². The number of halogens is 3. The first kappa shape index (κ1) is 17.1. The molecule has 1 fully saturated rings. The van der Waals surface area contributed by atoms with E-state index in [9.17, 15) is 4.39 Å². The van der Waals surface area contributed by atoms with Crippen LogP contribution in [0.25, 0.3) is 0 Å². The van der Waals surface area contributed by atoms with Crippen LogP contribution in [0.4, 0.5) is 4.39 Å². The van der Waals surface area contributed by atoms with Gasteiger partial charge in [-0.05, 0) is 23.9 Å². The maximum absolute atomic E-state index is 13.1. The van der Waals surface area contributed by atoms with Gasteiger partial charge in [0.1, 0.15) is 6.67 Å². The minimum Gasteiger partial charge on any atom is -0.314 e. The molecule has 0 amide bonds. The molecule has 0 radical (unpaired) electrons. The molecule has 1 N–H and O–H groups in total. The third-order valence-electron chi connectivity index (χ3n) is 2.94. The summed E-state index contributed by atoms with van der Waals surface area (Å²) in [7, 11) is 0. The summed E-state index contributed by atoms with van der Waals surface area (Å²) < 4.78 is 13.1. The van der Waals surface area contributed by atoms with Crippen molar-refractivity contribution in [3.63, 3.8) is 0 Å². The summed E-state index contributed by atoms with van der Waals surface area (Å²) in [5.74, 6) is 0. The van der Waals surface area contributed by atoms with Crippen LogP contribution in [0.5, 0.6) is 0 Å². The zero-order valence-corrected chi connectivity index (χ0v) is 12.3. The summed E-state index contributed by atoms with van der Waals surface area (Å²) in [6, 6.07) is 2.05. The monoisotopic (exact) mass is 300 g/mol. The minimum absolute atomic E-state index is 0. The average molecular weight is 301 g/mol. The highest BCUT2D eigenvalue weighted by molar-refractivity contribution is 7.10. The van der Waals surface area contributed by atoms with E-state index in [2.05, 4.69) is 28.6 Å². The van der Waals surface area contributed by atoms with E-state index in [4.69, 9.17) is 0 Å². The third kappa shape index (κ3) is 4.07. The van der Waals surface area contributed by atoms with E-state index >= 15 is 0 Å². The summed E-state index contributed by atoms with van der Waals surface area (Å²) >= 11 is 1.67. The fourth-order valence-electron chi connectivity index (χ4n) is 2.05. The van der Waals surface area contributed by atoms with Gasteiger partial charge in [-0.2, -0.15) is 0 Å². The van der Waals surface area contributed by atoms with Crippen LogP contribution in [0.2, 0.25) is 0 Å². The second-order valence-electron chi connectivity index (χ2n) is 3.92. The van der Waals surface area contributed by atoms with Crippen LogP contribution in [-0.2, 0) is 0 Å². The summed E-state index contributed by atoms with van der Waals surface area (Å²) in [5, 5.41) is 5.34. The van der Waals surface area contributed by atoms with Crippen LogP contribution in [0, 0.1) is 6.92 Å². The molecule has 2 nitrogen and oxygen atoms in total. The second-order valence-corrected chi connectivity index (χ2v) is 4.87. The molecule has 0 spiro atoms. The van der Waals surface area contributed by atoms with Crippen molar-refractivity contribution in [3.05, 3.63) is 21.9 Å². The van der Waals surface area contributed by atoms with Gasteiger partial charge < -0.3 is 5.32 Å². The minimum atomic E-state index is -0.276. The largest absolute Gasteiger partial charge is 0.314 e. The van der Waals surface area contributed by atoms with Crippen molar-refractivity contribution in [2.75, 3.05) is 32.9 Å². The van der Waals surface area contributed by atoms with Gasteiger partial charge >= 0.3 is 0 Å². The molecule has 0 aromatic carbocycles. The van der Waals surface area contributed by atoms with Gasteiger partial charge in [-0.15, -0.1) is 36.2 Å². The highest BCUT2D eigenvalue weighted by Crippen LogP contribution is 2.29. The van der Waals surface area contributed by atoms with Gasteiger partial charge in [0, 0.05) is 31.1 Å². The standard InChI is InChI=1S/C11H17FN2S.2ClH/c1-9-2-7-15-11(9)10(8-12)14-5-3-13-4-6-14;;/h2,7,10,13H,3-6,8H2,1H3;2*1H/t10-;;/m1../s1. The van der Waals surface area contributed by atoms with Gasteiger partial charge in [-0.25, -0.2) is 4.39 Å². The van der Waals surface area contributed by atoms with Crippen molar-refractivity contribution in [3.8, 4) is 0 Å². The van der Waals surface area contributed by atoms with Crippen LogP contribution in [-0.4, -0.2) is 37.8 Å². The lowest BCUT2D eigenvalue weighted by atomic mass is 10.1. The number of aryl methyl sites for hydroxylation is 1. The van der Waals surface area contributed by atoms with E-state index < -0.39 is 0 Å². The van der Waals surface area contributed by atoms with E-state index in [0.717, 1.165) is 26.2 Å². The number of hydrogen-bond donors (Lipinski definition) is 1. The zero-order chi connectivity index (χ0) is 10.7. The molecule has 1 aromatic heterocycles. The van der Waals surface area contributed by atoms with Crippen LogP contribution >= 0.6 is 36.2 Å². The molecule has 1 aromatic rings. The molecule has 1 atom stereocenters. The SMILES string of the molecule is Cc1ccsc1[C@@H](CF)N1CCNCC1.Cl.Cl. The molecule has 0 aliphatic carbocycles. The Morgan fingerprint density at radius 1 is 1.41 bits per heavy atom. The van der Waals surface area contributed by atoms with Crippen molar-refractivity contribution < 1.29 is 4.39 Å². The van der Waals surface area contributed by atoms with Crippen molar-refractivity contribution in [1.82, 2.24) is 10.2 Å². The van der Waals surface area contributed by atoms with Gasteiger partial charge in [-0.1, -0.05) is 0 Å². The quantitative estimate of drug-likeness (QED) is 0.923. The molecule has 17 heavy (non-hydrogen) atoms. The number of thiophene rings is 1. The van der Waals surface area contributed by atoms with E-state index in [1.165, 1.54) is 10.4 Å². The second kappa shape index (κ2) is 8.27. The van der Waals surface area contributed by atoms with Crippen molar-refractivity contribution in [2.24, 2.45) is 0 Å². The predicted octanol–water partition coefficient (Wildman–Crippen LogP) is 2.82. The first-order valence-corrected chi connectivity index (χ1v) is 6.25. The van der Waals surface area contributed by atoms with Crippen LogP contribution < -0.4 is 5.32 Å². The Labute approximate surface area is 118 Å². The number of nitrogens with one attached hydrogen (secondary N) is 1. The molecular weight excluding hydrogens is 282 g/mol. The van der Waals surface area contributed by atoms with Gasteiger partial charge in [0.2, 0.25) is 0 Å². The first-order chi connectivity index (χ1) is 7.33. The lowest BCUT2D eigenvalue weighted by molar-refractivity contribution is 0.149. The summed E-state index contributed by atoms with van der Waals surface area (Å²) in [6.07, 6.45) is 0. The molecule has 1 saturated heterocycles. The van der Waals surface area contributed by atoms with Gasteiger partial charge in [0.05, 0.1) is 6.04 Å². The summed E-state index contributed by atoms with van der Waals surface area (Å²) in [6.45, 7) is 5.64. The molecule has 0 unspecified atom stereocenters. The van der Waals surface area contributed by atoms with E-state index in [1.54, 1.807) is 11.3 Å². The van der Waals surface area contributed by atoms with Crippen LogP contribution in [0.15, 0.2) is 11.4 Å². The molecule has 2 rings (SSSR count). The Balaban J connectivity index is 0.00000128. The van der Waals surface area contributed by atoms with Gasteiger partial charge in [0.25, 0.3) is 0 Å². The Morgan fingerprint density at radius 3 is 2.53 bits per heavy atom. The predicted molar refractivity (Wildman–Crippen MR) is 76.7 cm³/mol. The zero-order valence-electron chi connectivity index (χ0n) is 9.82. The Morgan fingerprint density at radius 2 is 2.06 bits per heavy atom. The average Bonchev–Trinajstić information content (AvgIpc) is 2.68.